The van der Waals surface area contributed by atoms with Crippen molar-refractivity contribution in [2.75, 3.05) is 0 Å². The van der Waals surface area contributed by atoms with E-state index >= 15 is 0 Å². The fourth-order valence-corrected chi connectivity index (χ4v) is 0.990. The number of nitrogens with two attached hydrogens (primary N) is 1. The van der Waals surface area contributed by atoms with Gasteiger partial charge in [-0.15, -0.1) is 0 Å². The third-order valence-electron chi connectivity index (χ3n) is 2.00. The van der Waals surface area contributed by atoms with Crippen LogP contribution in [0, 0.1) is 0 Å². The van der Waals surface area contributed by atoms with Crippen LogP contribution in [0.5, 0.6) is 0 Å². The molecular weight excluding hydrogens is 350 g/mol. The van der Waals surface area contributed by atoms with E-state index in [0.717, 1.165) is 0 Å². The first-order chi connectivity index (χ1) is 9.81. The minimum absolute atomic E-state index is 0. The van der Waals surface area contributed by atoms with Crippen LogP contribution in [0.3, 0.4) is 0 Å². The molecule has 0 spiro atoms. The van der Waals surface area contributed by atoms with Crippen LogP contribution in [0.25, 0.3) is 0 Å². The SMILES string of the molecule is NC(CC(=O)O)C(=O)O.O=C(O)CC(O)(CC(=O)O)C(=O)O.[Ca+2].[H-].[H-]. The van der Waals surface area contributed by atoms with Gasteiger partial charge in [-0.05, 0) is 0 Å². The Morgan fingerprint density at radius 1 is 0.870 bits per heavy atom. The first kappa shape index (κ1) is 26.4. The van der Waals surface area contributed by atoms with Gasteiger partial charge in [0.15, 0.2) is 5.60 Å². The van der Waals surface area contributed by atoms with Gasteiger partial charge in [-0.25, -0.2) is 4.79 Å². The zero-order valence-corrected chi connectivity index (χ0v) is 13.9. The molecular formula is C10H17CaNO11. The smallest absolute Gasteiger partial charge is 1.00 e. The summed E-state index contributed by atoms with van der Waals surface area (Å²) in [5, 5.41) is 49.8. The van der Waals surface area contributed by atoms with Crippen molar-refractivity contribution in [2.45, 2.75) is 30.9 Å². The maximum atomic E-state index is 10.3. The maximum Gasteiger partial charge on any atom is 2.00 e. The van der Waals surface area contributed by atoms with Gasteiger partial charge in [0.25, 0.3) is 0 Å². The second-order valence-electron chi connectivity index (χ2n) is 4.02. The molecule has 8 N–H and O–H groups in total. The topological polar surface area (TPSA) is 233 Å². The molecule has 0 rings (SSSR count). The van der Waals surface area contributed by atoms with E-state index in [1.54, 1.807) is 0 Å². The molecule has 12 nitrogen and oxygen atoms in total. The fraction of sp³-hybridized carbons (Fsp3) is 0.500. The number of carboxylic acids is 5. The van der Waals surface area contributed by atoms with E-state index in [1.807, 2.05) is 0 Å². The molecule has 0 aromatic rings. The number of aliphatic hydroxyl groups is 1. The Hall–Kier alpha value is -1.47. The molecule has 0 fully saturated rings. The number of carboxylic acid groups (broad SMARTS) is 5. The Kier molecular flexibility index (Phi) is 13.8. The van der Waals surface area contributed by atoms with Crippen LogP contribution in [-0.4, -0.2) is 110 Å². The normalized spacial score (nSPS) is 11.0. The molecule has 1 unspecified atom stereocenters. The quantitative estimate of drug-likeness (QED) is 0.220. The van der Waals surface area contributed by atoms with Crippen molar-refractivity contribution in [1.82, 2.24) is 0 Å². The first-order valence-corrected chi connectivity index (χ1v) is 5.41. The van der Waals surface area contributed by atoms with Crippen molar-refractivity contribution in [2.24, 2.45) is 5.73 Å². The van der Waals surface area contributed by atoms with Crippen LogP contribution in [-0.2, 0) is 24.0 Å². The van der Waals surface area contributed by atoms with Gasteiger partial charge in [-0.1, -0.05) is 0 Å². The van der Waals surface area contributed by atoms with E-state index in [-0.39, 0.29) is 40.6 Å². The van der Waals surface area contributed by atoms with Gasteiger partial charge in [0, 0.05) is 0 Å². The molecule has 0 heterocycles. The molecule has 0 aliphatic carbocycles. The molecule has 23 heavy (non-hydrogen) atoms. The van der Waals surface area contributed by atoms with Crippen LogP contribution >= 0.6 is 0 Å². The molecule has 0 amide bonds. The molecule has 0 aromatic carbocycles. The van der Waals surface area contributed by atoms with Crippen LogP contribution in [0.1, 0.15) is 22.1 Å². The van der Waals surface area contributed by atoms with Crippen LogP contribution in [0.2, 0.25) is 0 Å². The second-order valence-corrected chi connectivity index (χ2v) is 4.02. The van der Waals surface area contributed by atoms with E-state index < -0.39 is 60.8 Å². The van der Waals surface area contributed by atoms with Crippen molar-refractivity contribution in [1.29, 1.82) is 0 Å². The summed E-state index contributed by atoms with van der Waals surface area (Å²) in [5.41, 5.74) is 2.10. The third-order valence-corrected chi connectivity index (χ3v) is 2.00. The van der Waals surface area contributed by atoms with E-state index in [4.69, 9.17) is 36.4 Å². The third kappa shape index (κ3) is 13.9. The minimum Gasteiger partial charge on any atom is -1.00 e. The molecule has 13 heteroatoms. The van der Waals surface area contributed by atoms with Gasteiger partial charge < -0.3 is 39.2 Å². The summed E-state index contributed by atoms with van der Waals surface area (Å²) in [6.07, 6.45) is -2.82. The molecule has 0 saturated carbocycles. The van der Waals surface area contributed by atoms with Gasteiger partial charge in [0.1, 0.15) is 6.04 Å². The zero-order valence-electron chi connectivity index (χ0n) is 13.7. The molecule has 0 saturated heterocycles. The summed E-state index contributed by atoms with van der Waals surface area (Å²) in [5.74, 6) is -7.52. The van der Waals surface area contributed by atoms with E-state index in [1.165, 1.54) is 0 Å². The van der Waals surface area contributed by atoms with Gasteiger partial charge >= 0.3 is 67.6 Å². The Balaban J connectivity index is -0.0000001000. The van der Waals surface area contributed by atoms with Gasteiger partial charge in [0.05, 0.1) is 19.3 Å². The van der Waals surface area contributed by atoms with E-state index in [2.05, 4.69) is 0 Å². The minimum atomic E-state index is -2.74. The van der Waals surface area contributed by atoms with Gasteiger partial charge in [-0.3, -0.25) is 19.2 Å². The Morgan fingerprint density at radius 2 is 1.22 bits per heavy atom. The second kappa shape index (κ2) is 12.0. The number of carbonyl (C=O) groups is 5. The van der Waals surface area contributed by atoms with Crippen molar-refractivity contribution < 1.29 is 57.5 Å². The van der Waals surface area contributed by atoms with Gasteiger partial charge in [0.2, 0.25) is 0 Å². The summed E-state index contributed by atoms with van der Waals surface area (Å²) in [6.45, 7) is 0. The predicted octanol–water partition coefficient (Wildman–Crippen LogP) is -2.53. The first-order valence-electron chi connectivity index (χ1n) is 5.41. The number of aliphatic carboxylic acids is 5. The summed E-state index contributed by atoms with van der Waals surface area (Å²) in [7, 11) is 0. The standard InChI is InChI=1S/C6H8O7.C4H7NO4.Ca.2H/c7-3(8)1-6(13,5(11)12)2-4(9)10;5-2(4(8)9)1-3(6)7;;;/h13H,1-2H2,(H,7,8)(H,9,10)(H,11,12);2H,1,5H2,(H,6,7)(H,8,9);;;/q;;+2;2*-1. The summed E-state index contributed by atoms with van der Waals surface area (Å²) in [6, 6.07) is -1.29. The van der Waals surface area contributed by atoms with E-state index in [0.29, 0.717) is 0 Å². The van der Waals surface area contributed by atoms with Crippen molar-refractivity contribution in [3.05, 3.63) is 0 Å². The summed E-state index contributed by atoms with van der Waals surface area (Å²) in [4.78, 5) is 50.1. The van der Waals surface area contributed by atoms with Crippen LogP contribution < -0.4 is 5.73 Å². The zero-order chi connectivity index (χ0) is 18.1. The van der Waals surface area contributed by atoms with Crippen LogP contribution in [0.4, 0.5) is 0 Å². The predicted molar refractivity (Wildman–Crippen MR) is 72.9 cm³/mol. The Labute approximate surface area is 161 Å². The molecule has 0 bridgehead atoms. The molecule has 130 valence electrons. The molecule has 0 aliphatic heterocycles. The summed E-state index contributed by atoms with van der Waals surface area (Å²) < 4.78 is 0. The Bertz CT molecular complexity index is 458. The van der Waals surface area contributed by atoms with Crippen molar-refractivity contribution in [3.63, 3.8) is 0 Å². The molecule has 0 aromatic heterocycles. The monoisotopic (exact) mass is 367 g/mol. The maximum absolute atomic E-state index is 10.3. The van der Waals surface area contributed by atoms with Crippen molar-refractivity contribution >= 4 is 67.6 Å². The van der Waals surface area contributed by atoms with Crippen molar-refractivity contribution in [3.8, 4) is 0 Å². The largest absolute Gasteiger partial charge is 2.00 e. The molecule has 0 aliphatic rings. The van der Waals surface area contributed by atoms with Gasteiger partial charge in [-0.2, -0.15) is 0 Å². The molecule has 0 radical (unpaired) electrons. The number of rotatable bonds is 8. The summed E-state index contributed by atoms with van der Waals surface area (Å²) >= 11 is 0. The average molecular weight is 367 g/mol. The Morgan fingerprint density at radius 3 is 1.35 bits per heavy atom. The van der Waals surface area contributed by atoms with Crippen LogP contribution in [0.15, 0.2) is 0 Å². The number of hydrogen-bond acceptors (Lipinski definition) is 7. The van der Waals surface area contributed by atoms with E-state index in [9.17, 15) is 24.0 Å². The average Bonchev–Trinajstić information content (AvgIpc) is 2.25. The number of hydrogen-bond donors (Lipinski definition) is 7. The fourth-order valence-electron chi connectivity index (χ4n) is 0.990. The molecule has 1 atom stereocenters.